The van der Waals surface area contributed by atoms with E-state index >= 15 is 0 Å². The SMILES string of the molecule is Cc1ccc(C(=O)Nc2n[nH]c(C)c2C(=O)O)cc1. The molecule has 0 saturated heterocycles. The number of benzene rings is 1. The Labute approximate surface area is 109 Å². The van der Waals surface area contributed by atoms with E-state index in [4.69, 9.17) is 5.11 Å². The van der Waals surface area contributed by atoms with Crippen LogP contribution in [-0.4, -0.2) is 27.2 Å². The second-order valence-electron chi connectivity index (χ2n) is 4.20. The molecule has 0 saturated carbocycles. The van der Waals surface area contributed by atoms with E-state index in [1.54, 1.807) is 19.1 Å². The maximum absolute atomic E-state index is 12.0. The number of rotatable bonds is 3. The first-order valence-corrected chi connectivity index (χ1v) is 5.65. The quantitative estimate of drug-likeness (QED) is 0.785. The Balaban J connectivity index is 2.24. The molecular formula is C13H13N3O3. The van der Waals surface area contributed by atoms with Crippen LogP contribution in [0.5, 0.6) is 0 Å². The first kappa shape index (κ1) is 12.8. The predicted octanol–water partition coefficient (Wildman–Crippen LogP) is 1.98. The molecule has 1 aromatic heterocycles. The summed E-state index contributed by atoms with van der Waals surface area (Å²) in [5.41, 5.74) is 1.85. The summed E-state index contributed by atoms with van der Waals surface area (Å²) < 4.78 is 0. The third kappa shape index (κ3) is 2.62. The Morgan fingerprint density at radius 3 is 2.42 bits per heavy atom. The maximum Gasteiger partial charge on any atom is 0.341 e. The fourth-order valence-electron chi connectivity index (χ4n) is 1.67. The summed E-state index contributed by atoms with van der Waals surface area (Å²) in [6.45, 7) is 3.50. The minimum Gasteiger partial charge on any atom is -0.477 e. The summed E-state index contributed by atoms with van der Waals surface area (Å²) in [6, 6.07) is 6.96. The molecule has 19 heavy (non-hydrogen) atoms. The van der Waals surface area contributed by atoms with Crippen LogP contribution in [0.4, 0.5) is 5.82 Å². The Kier molecular flexibility index (Phi) is 3.33. The van der Waals surface area contributed by atoms with Gasteiger partial charge in [0.15, 0.2) is 5.82 Å². The van der Waals surface area contributed by atoms with Gasteiger partial charge in [0, 0.05) is 11.3 Å². The number of hydrogen-bond acceptors (Lipinski definition) is 3. The number of carbonyl (C=O) groups is 2. The van der Waals surface area contributed by atoms with Gasteiger partial charge in [-0.05, 0) is 26.0 Å². The topological polar surface area (TPSA) is 95.1 Å². The summed E-state index contributed by atoms with van der Waals surface area (Å²) in [4.78, 5) is 23.0. The number of carboxylic acid groups (broad SMARTS) is 1. The second kappa shape index (κ2) is 4.93. The highest BCUT2D eigenvalue weighted by Gasteiger charge is 2.19. The number of aromatic carboxylic acids is 1. The number of hydrogen-bond donors (Lipinski definition) is 3. The molecule has 1 aromatic carbocycles. The lowest BCUT2D eigenvalue weighted by Gasteiger charge is -2.03. The smallest absolute Gasteiger partial charge is 0.341 e. The molecule has 0 radical (unpaired) electrons. The Morgan fingerprint density at radius 2 is 1.84 bits per heavy atom. The van der Waals surface area contributed by atoms with Gasteiger partial charge in [-0.25, -0.2) is 4.79 Å². The first-order valence-electron chi connectivity index (χ1n) is 5.65. The Hall–Kier alpha value is -2.63. The van der Waals surface area contributed by atoms with Crippen molar-refractivity contribution < 1.29 is 14.7 Å². The van der Waals surface area contributed by atoms with Crippen molar-refractivity contribution in [2.24, 2.45) is 0 Å². The lowest BCUT2D eigenvalue weighted by atomic mass is 10.1. The van der Waals surface area contributed by atoms with E-state index in [1.165, 1.54) is 0 Å². The second-order valence-corrected chi connectivity index (χ2v) is 4.20. The number of aromatic amines is 1. The third-order valence-corrected chi connectivity index (χ3v) is 2.71. The Bertz CT molecular complexity index is 629. The van der Waals surface area contributed by atoms with Crippen molar-refractivity contribution in [2.45, 2.75) is 13.8 Å². The minimum atomic E-state index is -1.13. The molecule has 0 fully saturated rings. The van der Waals surface area contributed by atoms with Crippen molar-refractivity contribution in [3.8, 4) is 0 Å². The molecule has 2 aromatic rings. The van der Waals surface area contributed by atoms with Crippen LogP contribution in [0.15, 0.2) is 24.3 Å². The number of aryl methyl sites for hydroxylation is 2. The molecule has 6 heteroatoms. The monoisotopic (exact) mass is 259 g/mol. The van der Waals surface area contributed by atoms with Gasteiger partial charge in [0.2, 0.25) is 0 Å². The van der Waals surface area contributed by atoms with E-state index in [0.29, 0.717) is 11.3 Å². The lowest BCUT2D eigenvalue weighted by Crippen LogP contribution is -2.14. The van der Waals surface area contributed by atoms with Gasteiger partial charge in [-0.2, -0.15) is 5.10 Å². The van der Waals surface area contributed by atoms with Gasteiger partial charge < -0.3 is 10.4 Å². The van der Waals surface area contributed by atoms with Crippen molar-refractivity contribution in [3.05, 3.63) is 46.6 Å². The zero-order valence-corrected chi connectivity index (χ0v) is 10.5. The zero-order chi connectivity index (χ0) is 14.0. The van der Waals surface area contributed by atoms with E-state index in [2.05, 4.69) is 15.5 Å². The van der Waals surface area contributed by atoms with Crippen LogP contribution in [0.1, 0.15) is 32.0 Å². The molecule has 0 bridgehead atoms. The van der Waals surface area contributed by atoms with Crippen molar-refractivity contribution in [1.29, 1.82) is 0 Å². The molecule has 0 aliphatic carbocycles. The van der Waals surface area contributed by atoms with Crippen LogP contribution >= 0.6 is 0 Å². The molecule has 0 spiro atoms. The lowest BCUT2D eigenvalue weighted by molar-refractivity contribution is 0.0697. The van der Waals surface area contributed by atoms with Gasteiger partial charge in [0.1, 0.15) is 5.56 Å². The number of H-pyrrole nitrogens is 1. The molecule has 3 N–H and O–H groups in total. The molecule has 6 nitrogen and oxygen atoms in total. The van der Waals surface area contributed by atoms with Gasteiger partial charge >= 0.3 is 5.97 Å². The highest BCUT2D eigenvalue weighted by molar-refractivity contribution is 6.07. The van der Waals surface area contributed by atoms with E-state index in [9.17, 15) is 9.59 Å². The van der Waals surface area contributed by atoms with Crippen molar-refractivity contribution >= 4 is 17.7 Å². The molecule has 1 amide bonds. The van der Waals surface area contributed by atoms with Crippen LogP contribution in [0, 0.1) is 13.8 Å². The molecule has 0 aliphatic rings. The summed E-state index contributed by atoms with van der Waals surface area (Å²) in [5, 5.41) is 17.9. The summed E-state index contributed by atoms with van der Waals surface area (Å²) in [7, 11) is 0. The standard InChI is InChI=1S/C13H13N3O3/c1-7-3-5-9(6-4-7)12(17)14-11-10(13(18)19)8(2)15-16-11/h3-6H,1-2H3,(H,18,19)(H2,14,15,16,17). The van der Waals surface area contributed by atoms with Gasteiger partial charge in [0.05, 0.1) is 0 Å². The van der Waals surface area contributed by atoms with Crippen molar-refractivity contribution in [3.63, 3.8) is 0 Å². The van der Waals surface area contributed by atoms with Crippen LogP contribution in [0.3, 0.4) is 0 Å². The van der Waals surface area contributed by atoms with Crippen molar-refractivity contribution in [2.75, 3.05) is 5.32 Å². The highest BCUT2D eigenvalue weighted by Crippen LogP contribution is 2.16. The zero-order valence-electron chi connectivity index (χ0n) is 10.5. The number of anilines is 1. The maximum atomic E-state index is 12.0. The largest absolute Gasteiger partial charge is 0.477 e. The first-order chi connectivity index (χ1) is 8.99. The average Bonchev–Trinajstić information content (AvgIpc) is 2.71. The molecule has 2 rings (SSSR count). The number of carbonyl (C=O) groups excluding carboxylic acids is 1. The predicted molar refractivity (Wildman–Crippen MR) is 69.4 cm³/mol. The van der Waals surface area contributed by atoms with Crippen LogP contribution in [0.25, 0.3) is 0 Å². The molecule has 98 valence electrons. The number of nitrogens with one attached hydrogen (secondary N) is 2. The van der Waals surface area contributed by atoms with Crippen LogP contribution < -0.4 is 5.32 Å². The van der Waals surface area contributed by atoms with Crippen molar-refractivity contribution in [1.82, 2.24) is 10.2 Å². The molecule has 0 atom stereocenters. The van der Waals surface area contributed by atoms with Gasteiger partial charge in [-0.1, -0.05) is 17.7 Å². The third-order valence-electron chi connectivity index (χ3n) is 2.71. The van der Waals surface area contributed by atoms with E-state index in [0.717, 1.165) is 5.56 Å². The highest BCUT2D eigenvalue weighted by atomic mass is 16.4. The number of nitrogens with zero attached hydrogens (tertiary/aromatic N) is 1. The molecule has 1 heterocycles. The fraction of sp³-hybridized carbons (Fsp3) is 0.154. The van der Waals surface area contributed by atoms with Crippen LogP contribution in [0.2, 0.25) is 0 Å². The van der Waals surface area contributed by atoms with E-state index in [1.807, 2.05) is 19.1 Å². The average molecular weight is 259 g/mol. The number of amides is 1. The normalized spacial score (nSPS) is 10.2. The fourth-order valence-corrected chi connectivity index (χ4v) is 1.67. The Morgan fingerprint density at radius 1 is 1.21 bits per heavy atom. The summed E-state index contributed by atoms with van der Waals surface area (Å²) >= 11 is 0. The molecule has 0 unspecified atom stereocenters. The molecular weight excluding hydrogens is 246 g/mol. The van der Waals surface area contributed by atoms with Gasteiger partial charge in [-0.15, -0.1) is 0 Å². The van der Waals surface area contributed by atoms with E-state index in [-0.39, 0.29) is 11.4 Å². The summed E-state index contributed by atoms with van der Waals surface area (Å²) in [5.74, 6) is -1.50. The molecule has 0 aliphatic heterocycles. The van der Waals surface area contributed by atoms with E-state index < -0.39 is 11.9 Å². The van der Waals surface area contributed by atoms with Gasteiger partial charge in [0.25, 0.3) is 5.91 Å². The number of carboxylic acids is 1. The van der Waals surface area contributed by atoms with Gasteiger partial charge in [-0.3, -0.25) is 9.89 Å². The summed E-state index contributed by atoms with van der Waals surface area (Å²) in [6.07, 6.45) is 0. The minimum absolute atomic E-state index is 0.0237. The van der Waals surface area contributed by atoms with Crippen LogP contribution in [-0.2, 0) is 0 Å². The number of aromatic nitrogens is 2.